The van der Waals surface area contributed by atoms with Crippen LogP contribution in [0.2, 0.25) is 0 Å². The van der Waals surface area contributed by atoms with Crippen molar-refractivity contribution in [3.05, 3.63) is 82.1 Å². The van der Waals surface area contributed by atoms with Crippen molar-refractivity contribution in [1.82, 2.24) is 20.2 Å². The van der Waals surface area contributed by atoms with E-state index in [9.17, 15) is 0 Å². The van der Waals surface area contributed by atoms with Crippen molar-refractivity contribution in [3.63, 3.8) is 0 Å². The van der Waals surface area contributed by atoms with Gasteiger partial charge in [-0.15, -0.1) is 11.3 Å². The summed E-state index contributed by atoms with van der Waals surface area (Å²) < 4.78 is 0. The van der Waals surface area contributed by atoms with Gasteiger partial charge in [0.2, 0.25) is 0 Å². The minimum Gasteiger partial charge on any atom is -0.352 e. The number of rotatable bonds is 4. The molecule has 4 rings (SSSR count). The van der Waals surface area contributed by atoms with Crippen LogP contribution in [0.25, 0.3) is 0 Å². The molecule has 4 nitrogen and oxygen atoms in total. The lowest BCUT2D eigenvalue weighted by Crippen LogP contribution is -2.28. The highest BCUT2D eigenvalue weighted by atomic mass is 32.1. The van der Waals surface area contributed by atoms with E-state index in [4.69, 9.17) is 12.2 Å². The summed E-state index contributed by atoms with van der Waals surface area (Å²) in [7, 11) is 0. The zero-order chi connectivity index (χ0) is 17.2. The summed E-state index contributed by atoms with van der Waals surface area (Å²) in [5, 5.41) is 4.25. The van der Waals surface area contributed by atoms with Gasteiger partial charge in [-0.05, 0) is 61.1 Å². The molecule has 126 valence electrons. The van der Waals surface area contributed by atoms with E-state index in [1.807, 2.05) is 54.2 Å². The molecule has 0 bridgehead atoms. The molecule has 25 heavy (non-hydrogen) atoms. The second-order valence-corrected chi connectivity index (χ2v) is 7.76. The van der Waals surface area contributed by atoms with E-state index in [1.165, 1.54) is 15.3 Å². The zero-order valence-corrected chi connectivity index (χ0v) is 15.4. The molecule has 4 heterocycles. The number of thiocarbonyl (C=S) groups is 1. The molecule has 0 unspecified atom stereocenters. The minimum absolute atomic E-state index is 0.0496. The Morgan fingerprint density at radius 3 is 2.64 bits per heavy atom. The Morgan fingerprint density at radius 1 is 1.12 bits per heavy atom. The monoisotopic (exact) mass is 366 g/mol. The van der Waals surface area contributed by atoms with E-state index in [2.05, 4.69) is 45.3 Å². The molecule has 1 aliphatic rings. The van der Waals surface area contributed by atoms with Crippen LogP contribution in [0.5, 0.6) is 0 Å². The molecule has 0 radical (unpaired) electrons. The fraction of sp³-hybridized carbons (Fsp3) is 0.211. The van der Waals surface area contributed by atoms with Crippen LogP contribution in [0.15, 0.2) is 61.1 Å². The Balaban J connectivity index is 1.72. The fourth-order valence-corrected chi connectivity index (χ4v) is 4.52. The Labute approximate surface area is 156 Å². The first-order valence-electron chi connectivity index (χ1n) is 8.15. The summed E-state index contributed by atoms with van der Waals surface area (Å²) in [5.41, 5.74) is 2.21. The Bertz CT molecular complexity index is 863. The van der Waals surface area contributed by atoms with Crippen LogP contribution >= 0.6 is 23.6 Å². The van der Waals surface area contributed by atoms with Crippen LogP contribution in [0.1, 0.15) is 33.1 Å². The maximum atomic E-state index is 5.68. The van der Waals surface area contributed by atoms with Gasteiger partial charge in [0.25, 0.3) is 0 Å². The first-order valence-corrected chi connectivity index (χ1v) is 9.38. The van der Waals surface area contributed by atoms with E-state index in [0.29, 0.717) is 0 Å². The van der Waals surface area contributed by atoms with Crippen molar-refractivity contribution in [2.45, 2.75) is 25.6 Å². The molecule has 1 saturated heterocycles. The molecule has 0 saturated carbocycles. The van der Waals surface area contributed by atoms with Gasteiger partial charge in [0, 0.05) is 34.9 Å². The van der Waals surface area contributed by atoms with E-state index in [1.54, 1.807) is 0 Å². The maximum absolute atomic E-state index is 5.68. The molecule has 2 atom stereocenters. The fourth-order valence-electron chi connectivity index (χ4n) is 3.18. The van der Waals surface area contributed by atoms with Crippen LogP contribution in [0.4, 0.5) is 0 Å². The van der Waals surface area contributed by atoms with Gasteiger partial charge in [0.15, 0.2) is 5.11 Å². The number of hydrogen-bond donors (Lipinski definition) is 1. The molecular formula is C19H18N4S2. The summed E-state index contributed by atoms with van der Waals surface area (Å²) in [6, 6.07) is 14.6. The standard InChI is InChI=1S/C19H18N4S2/c1-13-5-6-16(25-13)18-17(15-4-2-3-9-21-15)22-19(24)23(18)12-14-7-10-20-11-8-14/h2-11,17-18H,12H2,1H3,(H,22,24)/t17-,18-/m1/s1. The Hall–Kier alpha value is -2.31. The number of nitrogens with one attached hydrogen (secondary N) is 1. The van der Waals surface area contributed by atoms with Gasteiger partial charge < -0.3 is 10.2 Å². The number of aromatic nitrogens is 2. The molecule has 3 aromatic heterocycles. The smallest absolute Gasteiger partial charge is 0.170 e. The number of pyridine rings is 2. The largest absolute Gasteiger partial charge is 0.352 e. The normalized spacial score (nSPS) is 19.9. The van der Waals surface area contributed by atoms with Gasteiger partial charge in [-0.1, -0.05) is 6.07 Å². The van der Waals surface area contributed by atoms with Gasteiger partial charge in [-0.25, -0.2) is 0 Å². The molecule has 0 aliphatic carbocycles. The number of hydrogen-bond acceptors (Lipinski definition) is 4. The van der Waals surface area contributed by atoms with E-state index < -0.39 is 0 Å². The third kappa shape index (κ3) is 3.27. The quantitative estimate of drug-likeness (QED) is 0.706. The van der Waals surface area contributed by atoms with E-state index >= 15 is 0 Å². The first kappa shape index (κ1) is 16.2. The average molecular weight is 367 g/mol. The van der Waals surface area contributed by atoms with Gasteiger partial charge in [-0.2, -0.15) is 0 Å². The van der Waals surface area contributed by atoms with Gasteiger partial charge >= 0.3 is 0 Å². The Morgan fingerprint density at radius 2 is 1.96 bits per heavy atom. The van der Waals surface area contributed by atoms with Crippen LogP contribution in [0.3, 0.4) is 0 Å². The van der Waals surface area contributed by atoms with Crippen LogP contribution in [0, 0.1) is 6.92 Å². The van der Waals surface area contributed by atoms with Gasteiger partial charge in [0.05, 0.1) is 17.8 Å². The lowest BCUT2D eigenvalue weighted by molar-refractivity contribution is 0.315. The molecular weight excluding hydrogens is 348 g/mol. The Kier molecular flexibility index (Phi) is 4.46. The van der Waals surface area contributed by atoms with Crippen molar-refractivity contribution in [2.24, 2.45) is 0 Å². The summed E-state index contributed by atoms with van der Waals surface area (Å²) in [6.45, 7) is 2.89. The third-order valence-corrected chi connectivity index (χ3v) is 5.78. The summed E-state index contributed by atoms with van der Waals surface area (Å²) >= 11 is 7.49. The topological polar surface area (TPSA) is 41.1 Å². The highest BCUT2D eigenvalue weighted by Crippen LogP contribution is 2.41. The second kappa shape index (κ2) is 6.90. The summed E-state index contributed by atoms with van der Waals surface area (Å²) in [6.07, 6.45) is 5.48. The lowest BCUT2D eigenvalue weighted by Gasteiger charge is -2.26. The van der Waals surface area contributed by atoms with E-state index in [-0.39, 0.29) is 12.1 Å². The molecule has 3 aromatic rings. The highest BCUT2D eigenvalue weighted by Gasteiger charge is 2.40. The zero-order valence-electron chi connectivity index (χ0n) is 13.8. The van der Waals surface area contributed by atoms with Crippen LogP contribution in [-0.2, 0) is 6.54 Å². The van der Waals surface area contributed by atoms with Crippen LogP contribution in [-0.4, -0.2) is 20.0 Å². The maximum Gasteiger partial charge on any atom is 0.170 e. The predicted octanol–water partition coefficient (Wildman–Crippen LogP) is 4.02. The number of nitrogens with zero attached hydrogens (tertiary/aromatic N) is 3. The SMILES string of the molecule is Cc1ccc([C@@H]2[C@@H](c3ccccn3)NC(=S)N2Cc2ccncc2)s1. The van der Waals surface area contributed by atoms with Crippen LogP contribution < -0.4 is 5.32 Å². The van der Waals surface area contributed by atoms with Crippen molar-refractivity contribution in [3.8, 4) is 0 Å². The first-order chi connectivity index (χ1) is 12.2. The molecule has 1 fully saturated rings. The molecule has 0 spiro atoms. The predicted molar refractivity (Wildman–Crippen MR) is 104 cm³/mol. The minimum atomic E-state index is 0.0496. The lowest BCUT2D eigenvalue weighted by atomic mass is 10.0. The van der Waals surface area contributed by atoms with Crippen molar-refractivity contribution in [2.75, 3.05) is 0 Å². The molecule has 1 N–H and O–H groups in total. The van der Waals surface area contributed by atoms with E-state index in [0.717, 1.165) is 17.4 Å². The second-order valence-electron chi connectivity index (χ2n) is 6.06. The summed E-state index contributed by atoms with van der Waals surface area (Å²) in [5.74, 6) is 0. The summed E-state index contributed by atoms with van der Waals surface area (Å²) in [4.78, 5) is 13.5. The molecule has 1 aliphatic heterocycles. The number of aryl methyl sites for hydroxylation is 1. The average Bonchev–Trinajstić information content (AvgIpc) is 3.20. The van der Waals surface area contributed by atoms with Gasteiger partial charge in [0.1, 0.15) is 0 Å². The van der Waals surface area contributed by atoms with Crippen molar-refractivity contribution in [1.29, 1.82) is 0 Å². The number of thiophene rings is 1. The molecule has 6 heteroatoms. The third-order valence-electron chi connectivity index (χ3n) is 4.35. The molecule has 0 amide bonds. The molecule has 0 aromatic carbocycles. The van der Waals surface area contributed by atoms with Crippen molar-refractivity contribution < 1.29 is 0 Å². The highest BCUT2D eigenvalue weighted by molar-refractivity contribution is 7.80. The van der Waals surface area contributed by atoms with Gasteiger partial charge in [-0.3, -0.25) is 9.97 Å². The van der Waals surface area contributed by atoms with Crippen molar-refractivity contribution >= 4 is 28.7 Å².